The van der Waals surface area contributed by atoms with Crippen molar-refractivity contribution in [1.82, 2.24) is 9.80 Å². The lowest BCUT2D eigenvalue weighted by molar-refractivity contribution is -0.155. The summed E-state index contributed by atoms with van der Waals surface area (Å²) in [6, 6.07) is -0.401. The minimum absolute atomic E-state index is 0.00721. The van der Waals surface area contributed by atoms with E-state index in [9.17, 15) is 14.4 Å². The van der Waals surface area contributed by atoms with E-state index in [1.165, 1.54) is 4.90 Å². The summed E-state index contributed by atoms with van der Waals surface area (Å²) >= 11 is 0. The van der Waals surface area contributed by atoms with E-state index in [4.69, 9.17) is 9.84 Å². The van der Waals surface area contributed by atoms with Gasteiger partial charge in [0.1, 0.15) is 0 Å². The first kappa shape index (κ1) is 15.6. The minimum atomic E-state index is -1.01. The molecule has 2 heterocycles. The fraction of sp³-hybridized carbons (Fsp3) is 0.786. The van der Waals surface area contributed by atoms with Crippen LogP contribution in [0.3, 0.4) is 0 Å². The van der Waals surface area contributed by atoms with Gasteiger partial charge in [0.15, 0.2) is 0 Å². The molecule has 0 aromatic rings. The monoisotopic (exact) mass is 298 g/mol. The standard InChI is InChI=1S/C14H22N2O5/c1-2-21-13(18)10-6-8-15(14(19)20)9-11(10)16-7-4-3-5-12(16)17/h10-11H,2-9H2,1H3,(H,19,20). The lowest BCUT2D eigenvalue weighted by atomic mass is 9.89. The molecule has 0 saturated carbocycles. The lowest BCUT2D eigenvalue weighted by Gasteiger charge is -2.43. The number of hydrogen-bond donors (Lipinski definition) is 1. The van der Waals surface area contributed by atoms with Gasteiger partial charge in [0, 0.05) is 26.1 Å². The molecule has 2 rings (SSSR count). The Morgan fingerprint density at radius 1 is 1.33 bits per heavy atom. The van der Waals surface area contributed by atoms with E-state index in [1.807, 2.05) is 0 Å². The molecule has 0 radical (unpaired) electrons. The molecule has 2 unspecified atom stereocenters. The number of hydrogen-bond acceptors (Lipinski definition) is 4. The fourth-order valence-corrected chi connectivity index (χ4v) is 3.12. The Balaban J connectivity index is 2.16. The van der Waals surface area contributed by atoms with Crippen molar-refractivity contribution in [3.8, 4) is 0 Å². The molecule has 118 valence electrons. The third kappa shape index (κ3) is 3.46. The Bertz CT molecular complexity index is 426. The lowest BCUT2D eigenvalue weighted by Crippen LogP contribution is -2.58. The summed E-state index contributed by atoms with van der Waals surface area (Å²) in [6.45, 7) is 3.11. The molecule has 2 atom stereocenters. The van der Waals surface area contributed by atoms with Gasteiger partial charge in [-0.25, -0.2) is 4.79 Å². The van der Waals surface area contributed by atoms with Gasteiger partial charge in [-0.05, 0) is 26.2 Å². The SMILES string of the molecule is CCOC(=O)C1CCN(C(=O)O)CC1N1CCCCC1=O. The summed E-state index contributed by atoms with van der Waals surface area (Å²) < 4.78 is 5.09. The van der Waals surface area contributed by atoms with Gasteiger partial charge in [0.25, 0.3) is 0 Å². The molecule has 0 spiro atoms. The number of piperidine rings is 2. The maximum atomic E-state index is 12.1. The average molecular weight is 298 g/mol. The van der Waals surface area contributed by atoms with E-state index in [-0.39, 0.29) is 18.4 Å². The van der Waals surface area contributed by atoms with Crippen LogP contribution in [0.4, 0.5) is 4.79 Å². The van der Waals surface area contributed by atoms with Gasteiger partial charge in [-0.1, -0.05) is 0 Å². The third-order valence-electron chi connectivity index (χ3n) is 4.20. The van der Waals surface area contributed by atoms with Gasteiger partial charge >= 0.3 is 12.1 Å². The summed E-state index contributed by atoms with van der Waals surface area (Å²) in [5.41, 5.74) is 0. The molecular formula is C14H22N2O5. The van der Waals surface area contributed by atoms with E-state index in [0.717, 1.165) is 12.8 Å². The predicted octanol–water partition coefficient (Wildman–Crippen LogP) is 0.930. The van der Waals surface area contributed by atoms with Crippen LogP contribution in [0.25, 0.3) is 0 Å². The molecule has 2 aliphatic rings. The summed E-state index contributed by atoms with van der Waals surface area (Å²) in [7, 11) is 0. The Morgan fingerprint density at radius 3 is 2.71 bits per heavy atom. The number of carboxylic acid groups (broad SMARTS) is 1. The number of ether oxygens (including phenoxy) is 1. The van der Waals surface area contributed by atoms with Crippen molar-refractivity contribution in [2.45, 2.75) is 38.6 Å². The van der Waals surface area contributed by atoms with Crippen LogP contribution >= 0.6 is 0 Å². The average Bonchev–Trinajstić information content (AvgIpc) is 2.47. The molecule has 7 nitrogen and oxygen atoms in total. The van der Waals surface area contributed by atoms with Crippen molar-refractivity contribution >= 4 is 18.0 Å². The second-order valence-electron chi connectivity index (χ2n) is 5.49. The van der Waals surface area contributed by atoms with Crippen LogP contribution in [0, 0.1) is 5.92 Å². The molecule has 0 bridgehead atoms. The molecule has 2 aliphatic heterocycles. The normalized spacial score (nSPS) is 26.6. The van der Waals surface area contributed by atoms with Gasteiger partial charge in [-0.3, -0.25) is 9.59 Å². The Labute approximate surface area is 123 Å². The number of carbonyl (C=O) groups is 3. The third-order valence-corrected chi connectivity index (χ3v) is 4.20. The second kappa shape index (κ2) is 6.78. The fourth-order valence-electron chi connectivity index (χ4n) is 3.12. The number of esters is 1. The summed E-state index contributed by atoms with van der Waals surface area (Å²) in [5, 5.41) is 9.15. The molecule has 1 N–H and O–H groups in total. The topological polar surface area (TPSA) is 87.2 Å². The zero-order valence-electron chi connectivity index (χ0n) is 12.3. The smallest absolute Gasteiger partial charge is 0.407 e. The number of amides is 2. The Morgan fingerprint density at radius 2 is 2.10 bits per heavy atom. The van der Waals surface area contributed by atoms with Crippen LogP contribution in [0.15, 0.2) is 0 Å². The van der Waals surface area contributed by atoms with Crippen LogP contribution < -0.4 is 0 Å². The molecule has 2 fully saturated rings. The molecule has 21 heavy (non-hydrogen) atoms. The first-order chi connectivity index (χ1) is 10.0. The minimum Gasteiger partial charge on any atom is -0.466 e. The summed E-state index contributed by atoms with van der Waals surface area (Å²) in [4.78, 5) is 38.3. The van der Waals surface area contributed by atoms with E-state index < -0.39 is 18.1 Å². The van der Waals surface area contributed by atoms with E-state index >= 15 is 0 Å². The van der Waals surface area contributed by atoms with Crippen LogP contribution in [-0.4, -0.2) is 65.2 Å². The summed E-state index contributed by atoms with van der Waals surface area (Å²) in [6.07, 6.45) is 1.62. The molecule has 0 aliphatic carbocycles. The van der Waals surface area contributed by atoms with Crippen molar-refractivity contribution in [1.29, 1.82) is 0 Å². The highest BCUT2D eigenvalue weighted by Crippen LogP contribution is 2.27. The van der Waals surface area contributed by atoms with E-state index in [1.54, 1.807) is 11.8 Å². The Hall–Kier alpha value is -1.79. The van der Waals surface area contributed by atoms with E-state index in [2.05, 4.69) is 0 Å². The highest BCUT2D eigenvalue weighted by molar-refractivity contribution is 5.80. The van der Waals surface area contributed by atoms with Gasteiger partial charge in [0.2, 0.25) is 5.91 Å². The van der Waals surface area contributed by atoms with Crippen LogP contribution in [0.1, 0.15) is 32.6 Å². The van der Waals surface area contributed by atoms with Crippen molar-refractivity contribution in [3.05, 3.63) is 0 Å². The second-order valence-corrected chi connectivity index (χ2v) is 5.49. The highest BCUT2D eigenvalue weighted by atomic mass is 16.5. The van der Waals surface area contributed by atoms with Gasteiger partial charge in [-0.15, -0.1) is 0 Å². The molecule has 0 aromatic carbocycles. The zero-order valence-corrected chi connectivity index (χ0v) is 12.3. The van der Waals surface area contributed by atoms with Crippen molar-refractivity contribution < 1.29 is 24.2 Å². The highest BCUT2D eigenvalue weighted by Gasteiger charge is 2.42. The number of likely N-dealkylation sites (tertiary alicyclic amines) is 2. The van der Waals surface area contributed by atoms with Crippen molar-refractivity contribution in [2.24, 2.45) is 5.92 Å². The van der Waals surface area contributed by atoms with Crippen LogP contribution in [-0.2, 0) is 14.3 Å². The van der Waals surface area contributed by atoms with Gasteiger partial charge in [-0.2, -0.15) is 0 Å². The van der Waals surface area contributed by atoms with Gasteiger partial charge < -0.3 is 19.6 Å². The van der Waals surface area contributed by atoms with Crippen molar-refractivity contribution in [2.75, 3.05) is 26.2 Å². The van der Waals surface area contributed by atoms with Crippen LogP contribution in [0.5, 0.6) is 0 Å². The number of nitrogens with zero attached hydrogens (tertiary/aromatic N) is 2. The largest absolute Gasteiger partial charge is 0.466 e. The van der Waals surface area contributed by atoms with Crippen molar-refractivity contribution in [3.63, 3.8) is 0 Å². The first-order valence-corrected chi connectivity index (χ1v) is 7.48. The molecule has 2 saturated heterocycles. The Kier molecular flexibility index (Phi) is 5.03. The quantitative estimate of drug-likeness (QED) is 0.783. The molecular weight excluding hydrogens is 276 g/mol. The predicted molar refractivity (Wildman–Crippen MR) is 73.7 cm³/mol. The molecule has 2 amide bonds. The maximum Gasteiger partial charge on any atom is 0.407 e. The van der Waals surface area contributed by atoms with Crippen LogP contribution in [0.2, 0.25) is 0 Å². The van der Waals surface area contributed by atoms with Gasteiger partial charge in [0.05, 0.1) is 18.6 Å². The number of rotatable bonds is 3. The summed E-state index contributed by atoms with van der Waals surface area (Å²) in [5.74, 6) is -0.749. The van der Waals surface area contributed by atoms with E-state index in [0.29, 0.717) is 32.5 Å². The maximum absolute atomic E-state index is 12.1. The first-order valence-electron chi connectivity index (χ1n) is 7.48. The molecule has 7 heteroatoms. The zero-order chi connectivity index (χ0) is 15.4. The molecule has 0 aromatic heterocycles. The number of carbonyl (C=O) groups excluding carboxylic acids is 2.